The maximum Gasteiger partial charge on any atom is 0.310 e. The van der Waals surface area contributed by atoms with Crippen molar-refractivity contribution in [3.8, 4) is 6.07 Å². The van der Waals surface area contributed by atoms with Crippen molar-refractivity contribution in [1.82, 2.24) is 4.90 Å². The van der Waals surface area contributed by atoms with Crippen LogP contribution in [0.4, 0.5) is 0 Å². The Morgan fingerprint density at radius 3 is 2.40 bits per heavy atom. The van der Waals surface area contributed by atoms with Crippen molar-refractivity contribution in [1.29, 1.82) is 5.26 Å². The van der Waals surface area contributed by atoms with E-state index in [-0.39, 0.29) is 24.7 Å². The fourth-order valence-corrected chi connectivity index (χ4v) is 1.70. The largest absolute Gasteiger partial charge is 0.481 e. The molecule has 0 heterocycles. The number of carbonyl (C=O) groups excluding carboxylic acids is 1. The molecule has 0 bridgehead atoms. The highest BCUT2D eigenvalue weighted by molar-refractivity contribution is 5.85. The Balaban J connectivity index is 4.88. The highest BCUT2D eigenvalue weighted by Gasteiger charge is 2.39. The Bertz CT molecular complexity index is 376. The van der Waals surface area contributed by atoms with Crippen molar-refractivity contribution in [3.63, 3.8) is 0 Å². The first kappa shape index (κ1) is 18.4. The summed E-state index contributed by atoms with van der Waals surface area (Å²) in [5.41, 5.74) is -1.10. The van der Waals surface area contributed by atoms with Gasteiger partial charge in [-0.3, -0.25) is 9.59 Å². The quantitative estimate of drug-likeness (QED) is 0.693. The highest BCUT2D eigenvalue weighted by atomic mass is 16.5. The molecule has 0 aromatic rings. The zero-order valence-electron chi connectivity index (χ0n) is 12.7. The summed E-state index contributed by atoms with van der Waals surface area (Å²) in [6.45, 7) is 6.18. The Hall–Kier alpha value is -1.61. The highest BCUT2D eigenvalue weighted by Crippen LogP contribution is 2.32. The number of nitriles is 1. The molecule has 0 aromatic heterocycles. The lowest BCUT2D eigenvalue weighted by Crippen LogP contribution is -2.42. The number of hydrogen-bond acceptors (Lipinski definition) is 4. The lowest BCUT2D eigenvalue weighted by molar-refractivity contribution is -0.155. The molecule has 0 aromatic carbocycles. The molecular weight excluding hydrogens is 260 g/mol. The molecule has 0 spiro atoms. The number of hydrogen-bond donors (Lipinski definition) is 1. The summed E-state index contributed by atoms with van der Waals surface area (Å²) in [5.74, 6) is -1.40. The van der Waals surface area contributed by atoms with Crippen molar-refractivity contribution in [3.05, 3.63) is 0 Å². The summed E-state index contributed by atoms with van der Waals surface area (Å²) < 4.78 is 4.93. The SMILES string of the molecule is COCCN(CCC#N)C(=O)CC(C)(C(=O)O)C(C)C. The minimum Gasteiger partial charge on any atom is -0.481 e. The number of carboxylic acid groups (broad SMARTS) is 1. The number of aliphatic carboxylic acids is 1. The molecule has 0 saturated carbocycles. The Kier molecular flexibility index (Phi) is 7.85. The molecule has 0 radical (unpaired) electrons. The molecule has 1 N–H and O–H groups in total. The fourth-order valence-electron chi connectivity index (χ4n) is 1.70. The third-order valence-corrected chi connectivity index (χ3v) is 3.69. The fraction of sp³-hybridized carbons (Fsp3) is 0.786. The van der Waals surface area contributed by atoms with Crippen LogP contribution in [0.2, 0.25) is 0 Å². The molecular formula is C14H24N2O4. The van der Waals surface area contributed by atoms with Crippen LogP contribution in [-0.4, -0.2) is 48.7 Å². The van der Waals surface area contributed by atoms with Crippen LogP contribution < -0.4 is 0 Å². The average molecular weight is 284 g/mol. The summed E-state index contributed by atoms with van der Waals surface area (Å²) in [4.78, 5) is 25.2. The summed E-state index contributed by atoms with van der Waals surface area (Å²) in [6.07, 6.45) is 0.149. The van der Waals surface area contributed by atoms with Gasteiger partial charge in [-0.05, 0) is 12.8 Å². The van der Waals surface area contributed by atoms with E-state index in [1.165, 1.54) is 12.0 Å². The van der Waals surface area contributed by atoms with E-state index in [0.29, 0.717) is 19.7 Å². The van der Waals surface area contributed by atoms with E-state index in [1.54, 1.807) is 20.8 Å². The Morgan fingerprint density at radius 2 is 2.00 bits per heavy atom. The van der Waals surface area contributed by atoms with Crippen molar-refractivity contribution in [2.75, 3.05) is 26.8 Å². The van der Waals surface area contributed by atoms with Crippen molar-refractivity contribution in [2.45, 2.75) is 33.6 Å². The van der Waals surface area contributed by atoms with E-state index >= 15 is 0 Å². The van der Waals surface area contributed by atoms with Gasteiger partial charge in [-0.15, -0.1) is 0 Å². The number of amides is 1. The first-order valence-electron chi connectivity index (χ1n) is 6.66. The average Bonchev–Trinajstić information content (AvgIpc) is 2.38. The zero-order valence-corrected chi connectivity index (χ0v) is 12.7. The lowest BCUT2D eigenvalue weighted by Gasteiger charge is -2.31. The van der Waals surface area contributed by atoms with Crippen LogP contribution in [0.25, 0.3) is 0 Å². The lowest BCUT2D eigenvalue weighted by atomic mass is 9.76. The number of ether oxygens (including phenoxy) is 1. The molecule has 0 aliphatic heterocycles. The minimum absolute atomic E-state index is 0.0743. The summed E-state index contributed by atoms with van der Waals surface area (Å²) in [5, 5.41) is 18.0. The van der Waals surface area contributed by atoms with Crippen LogP contribution in [0.3, 0.4) is 0 Å². The van der Waals surface area contributed by atoms with Gasteiger partial charge in [-0.1, -0.05) is 13.8 Å². The van der Waals surface area contributed by atoms with Gasteiger partial charge >= 0.3 is 5.97 Å². The van der Waals surface area contributed by atoms with E-state index < -0.39 is 11.4 Å². The van der Waals surface area contributed by atoms with Gasteiger partial charge in [0, 0.05) is 26.6 Å². The molecule has 0 aliphatic rings. The molecule has 1 unspecified atom stereocenters. The monoisotopic (exact) mass is 284 g/mol. The van der Waals surface area contributed by atoms with Crippen LogP contribution in [0.15, 0.2) is 0 Å². The second-order valence-electron chi connectivity index (χ2n) is 5.34. The van der Waals surface area contributed by atoms with Crippen LogP contribution in [0.5, 0.6) is 0 Å². The normalized spacial score (nSPS) is 13.6. The molecule has 0 rings (SSSR count). The molecule has 6 heteroatoms. The van der Waals surface area contributed by atoms with E-state index in [9.17, 15) is 14.7 Å². The number of carbonyl (C=O) groups is 2. The number of nitrogens with zero attached hydrogens (tertiary/aromatic N) is 2. The van der Waals surface area contributed by atoms with Gasteiger partial charge in [-0.2, -0.15) is 5.26 Å². The predicted molar refractivity (Wildman–Crippen MR) is 73.9 cm³/mol. The number of rotatable bonds is 9. The van der Waals surface area contributed by atoms with Crippen LogP contribution in [0, 0.1) is 22.7 Å². The van der Waals surface area contributed by atoms with Gasteiger partial charge in [0.05, 0.1) is 24.5 Å². The van der Waals surface area contributed by atoms with Gasteiger partial charge in [0.25, 0.3) is 0 Å². The van der Waals surface area contributed by atoms with Crippen molar-refractivity contribution < 1.29 is 19.4 Å². The summed E-state index contributed by atoms with van der Waals surface area (Å²) >= 11 is 0. The molecule has 20 heavy (non-hydrogen) atoms. The van der Waals surface area contributed by atoms with Crippen LogP contribution in [-0.2, 0) is 14.3 Å². The third kappa shape index (κ3) is 5.17. The zero-order chi connectivity index (χ0) is 15.8. The first-order chi connectivity index (χ1) is 9.29. The molecule has 0 saturated heterocycles. The first-order valence-corrected chi connectivity index (χ1v) is 6.66. The second kappa shape index (κ2) is 8.54. The molecule has 1 atom stereocenters. The van der Waals surface area contributed by atoms with Crippen molar-refractivity contribution in [2.24, 2.45) is 11.3 Å². The minimum atomic E-state index is -1.10. The summed E-state index contributed by atoms with van der Waals surface area (Å²) in [6, 6.07) is 1.99. The summed E-state index contributed by atoms with van der Waals surface area (Å²) in [7, 11) is 1.53. The number of carboxylic acids is 1. The Labute approximate surface area is 120 Å². The second-order valence-corrected chi connectivity index (χ2v) is 5.34. The van der Waals surface area contributed by atoms with Gasteiger partial charge in [0.1, 0.15) is 0 Å². The maximum atomic E-state index is 12.3. The van der Waals surface area contributed by atoms with Gasteiger partial charge in [0.2, 0.25) is 5.91 Å². The standard InChI is InChI=1S/C14H24N2O4/c1-11(2)14(3,13(18)19)10-12(17)16(7-5-6-15)8-9-20-4/h11H,5,7-10H2,1-4H3,(H,18,19). The predicted octanol–water partition coefficient (Wildman–Crippen LogP) is 1.51. The van der Waals surface area contributed by atoms with E-state index in [0.717, 1.165) is 0 Å². The molecule has 1 amide bonds. The van der Waals surface area contributed by atoms with Crippen molar-refractivity contribution >= 4 is 11.9 Å². The maximum absolute atomic E-state index is 12.3. The topological polar surface area (TPSA) is 90.6 Å². The van der Waals surface area contributed by atoms with Gasteiger partial charge < -0.3 is 14.7 Å². The number of methoxy groups -OCH3 is 1. The Morgan fingerprint density at radius 1 is 1.40 bits per heavy atom. The molecule has 6 nitrogen and oxygen atoms in total. The van der Waals surface area contributed by atoms with Crippen LogP contribution >= 0.6 is 0 Å². The molecule has 0 fully saturated rings. The van der Waals surface area contributed by atoms with Crippen LogP contribution in [0.1, 0.15) is 33.6 Å². The van der Waals surface area contributed by atoms with Gasteiger partial charge in [0.15, 0.2) is 0 Å². The van der Waals surface area contributed by atoms with E-state index in [2.05, 4.69) is 0 Å². The third-order valence-electron chi connectivity index (χ3n) is 3.69. The smallest absolute Gasteiger partial charge is 0.310 e. The van der Waals surface area contributed by atoms with E-state index in [1.807, 2.05) is 6.07 Å². The molecule has 0 aliphatic carbocycles. The van der Waals surface area contributed by atoms with Gasteiger partial charge in [-0.25, -0.2) is 0 Å². The van der Waals surface area contributed by atoms with E-state index in [4.69, 9.17) is 10.00 Å². The molecule has 114 valence electrons.